The van der Waals surface area contributed by atoms with Crippen molar-refractivity contribution in [1.82, 2.24) is 0 Å². The Balaban J connectivity index is 1.74. The van der Waals surface area contributed by atoms with Crippen LogP contribution < -0.4 is 14.8 Å². The van der Waals surface area contributed by atoms with Crippen LogP contribution in [0.15, 0.2) is 54.6 Å². The first kappa shape index (κ1) is 16.9. The van der Waals surface area contributed by atoms with Gasteiger partial charge < -0.3 is 14.8 Å². The Morgan fingerprint density at radius 3 is 2.17 bits per heavy atom. The van der Waals surface area contributed by atoms with Gasteiger partial charge in [-0.25, -0.2) is 0 Å². The zero-order valence-corrected chi connectivity index (χ0v) is 13.6. The van der Waals surface area contributed by atoms with Gasteiger partial charge >= 0.3 is 0 Å². The maximum Gasteiger partial charge on any atom is 0.262 e. The number of amides is 1. The van der Waals surface area contributed by atoms with Crippen molar-refractivity contribution in [3.8, 4) is 11.5 Å². The second kappa shape index (κ2) is 8.83. The van der Waals surface area contributed by atoms with Crippen LogP contribution in [0.3, 0.4) is 0 Å². The van der Waals surface area contributed by atoms with E-state index in [1.54, 1.807) is 12.1 Å². The van der Waals surface area contributed by atoms with E-state index < -0.39 is 0 Å². The van der Waals surface area contributed by atoms with Gasteiger partial charge in [-0.1, -0.05) is 32.0 Å². The number of carbonyl (C=O) groups excluding carboxylic acids is 1. The van der Waals surface area contributed by atoms with Gasteiger partial charge in [-0.05, 0) is 48.7 Å². The lowest BCUT2D eigenvalue weighted by Gasteiger charge is -2.10. The lowest BCUT2D eigenvalue weighted by Crippen LogP contribution is -2.20. The van der Waals surface area contributed by atoms with E-state index >= 15 is 0 Å². The predicted molar refractivity (Wildman–Crippen MR) is 92.0 cm³/mol. The summed E-state index contributed by atoms with van der Waals surface area (Å²) in [6.45, 7) is 5.02. The molecular formula is C19H23NO3. The minimum absolute atomic E-state index is 0.0253. The molecule has 1 amide bonds. The number of ether oxygens (including phenoxy) is 2. The molecule has 2 rings (SSSR count). The van der Waals surface area contributed by atoms with E-state index in [2.05, 4.69) is 19.2 Å². The lowest BCUT2D eigenvalue weighted by molar-refractivity contribution is -0.118. The van der Waals surface area contributed by atoms with Crippen LogP contribution in [0.1, 0.15) is 20.3 Å². The van der Waals surface area contributed by atoms with Gasteiger partial charge in [0.05, 0.1) is 6.61 Å². The predicted octanol–water partition coefficient (Wildman–Crippen LogP) is 4.13. The van der Waals surface area contributed by atoms with Gasteiger partial charge in [-0.2, -0.15) is 0 Å². The summed E-state index contributed by atoms with van der Waals surface area (Å²) < 4.78 is 11.1. The summed E-state index contributed by atoms with van der Waals surface area (Å²) in [5, 5.41) is 2.77. The first-order chi connectivity index (χ1) is 11.1. The van der Waals surface area contributed by atoms with E-state index in [0.29, 0.717) is 18.3 Å². The molecule has 122 valence electrons. The quantitative estimate of drug-likeness (QED) is 0.797. The third kappa shape index (κ3) is 6.43. The number of carbonyl (C=O) groups is 1. The highest BCUT2D eigenvalue weighted by molar-refractivity contribution is 5.91. The van der Waals surface area contributed by atoms with Crippen molar-refractivity contribution in [2.45, 2.75) is 20.3 Å². The topological polar surface area (TPSA) is 47.6 Å². The van der Waals surface area contributed by atoms with Crippen LogP contribution in [0.25, 0.3) is 0 Å². The molecule has 0 aliphatic carbocycles. The minimum atomic E-state index is -0.187. The first-order valence-electron chi connectivity index (χ1n) is 7.84. The van der Waals surface area contributed by atoms with E-state index in [-0.39, 0.29) is 12.5 Å². The summed E-state index contributed by atoms with van der Waals surface area (Å²) in [6, 6.07) is 16.6. The van der Waals surface area contributed by atoms with Crippen LogP contribution >= 0.6 is 0 Å². The largest absolute Gasteiger partial charge is 0.494 e. The molecule has 1 N–H and O–H groups in total. The second-order valence-corrected chi connectivity index (χ2v) is 5.71. The maximum atomic E-state index is 11.8. The van der Waals surface area contributed by atoms with Crippen LogP contribution in [0, 0.1) is 5.92 Å². The third-order valence-corrected chi connectivity index (χ3v) is 3.22. The normalized spacial score (nSPS) is 10.4. The molecule has 2 aromatic carbocycles. The highest BCUT2D eigenvalue weighted by Crippen LogP contribution is 2.18. The SMILES string of the molecule is CC(C)CCOc1ccc(OCC(=O)Nc2ccccc2)cc1. The van der Waals surface area contributed by atoms with Crippen molar-refractivity contribution >= 4 is 11.6 Å². The average molecular weight is 313 g/mol. The summed E-state index contributed by atoms with van der Waals surface area (Å²) >= 11 is 0. The third-order valence-electron chi connectivity index (χ3n) is 3.22. The molecule has 23 heavy (non-hydrogen) atoms. The molecule has 0 atom stereocenters. The highest BCUT2D eigenvalue weighted by Gasteiger charge is 2.04. The van der Waals surface area contributed by atoms with E-state index in [1.165, 1.54) is 0 Å². The molecule has 0 aliphatic heterocycles. The molecule has 4 nitrogen and oxygen atoms in total. The number of benzene rings is 2. The summed E-state index contributed by atoms with van der Waals surface area (Å²) in [6.07, 6.45) is 1.03. The highest BCUT2D eigenvalue weighted by atomic mass is 16.5. The number of hydrogen-bond acceptors (Lipinski definition) is 3. The molecule has 2 aromatic rings. The van der Waals surface area contributed by atoms with Gasteiger partial charge in [0.15, 0.2) is 6.61 Å². The molecule has 0 aromatic heterocycles. The fourth-order valence-electron chi connectivity index (χ4n) is 1.91. The molecule has 0 fully saturated rings. The molecule has 0 bridgehead atoms. The van der Waals surface area contributed by atoms with Crippen LogP contribution in [0.2, 0.25) is 0 Å². The Bertz CT molecular complexity index is 594. The summed E-state index contributed by atoms with van der Waals surface area (Å²) in [7, 11) is 0. The molecule has 0 aliphatic rings. The maximum absolute atomic E-state index is 11.8. The van der Waals surface area contributed by atoms with E-state index in [9.17, 15) is 4.79 Å². The Kier molecular flexibility index (Phi) is 6.48. The van der Waals surface area contributed by atoms with Crippen LogP contribution in [0.4, 0.5) is 5.69 Å². The Morgan fingerprint density at radius 2 is 1.57 bits per heavy atom. The first-order valence-corrected chi connectivity index (χ1v) is 7.84. The van der Waals surface area contributed by atoms with E-state index in [0.717, 1.165) is 17.9 Å². The van der Waals surface area contributed by atoms with Crippen LogP contribution in [-0.4, -0.2) is 19.1 Å². The van der Waals surface area contributed by atoms with Gasteiger partial charge in [-0.3, -0.25) is 4.79 Å². The molecule has 4 heteroatoms. The molecule has 0 heterocycles. The van der Waals surface area contributed by atoms with E-state index in [4.69, 9.17) is 9.47 Å². The zero-order valence-electron chi connectivity index (χ0n) is 13.6. The van der Waals surface area contributed by atoms with Crippen molar-refractivity contribution in [2.24, 2.45) is 5.92 Å². The van der Waals surface area contributed by atoms with Gasteiger partial charge in [-0.15, -0.1) is 0 Å². The van der Waals surface area contributed by atoms with E-state index in [1.807, 2.05) is 42.5 Å². The van der Waals surface area contributed by atoms with Crippen LogP contribution in [-0.2, 0) is 4.79 Å². The fraction of sp³-hybridized carbons (Fsp3) is 0.316. The Hall–Kier alpha value is -2.49. The standard InChI is InChI=1S/C19H23NO3/c1-15(2)12-13-22-17-8-10-18(11-9-17)23-14-19(21)20-16-6-4-3-5-7-16/h3-11,15H,12-14H2,1-2H3,(H,20,21). The van der Waals surface area contributed by atoms with Crippen molar-refractivity contribution < 1.29 is 14.3 Å². The molecule has 0 saturated heterocycles. The number of anilines is 1. The van der Waals surface area contributed by atoms with Gasteiger partial charge in [0.1, 0.15) is 11.5 Å². The summed E-state index contributed by atoms with van der Waals surface area (Å²) in [4.78, 5) is 11.8. The molecular weight excluding hydrogens is 290 g/mol. The van der Waals surface area contributed by atoms with Crippen molar-refractivity contribution in [3.63, 3.8) is 0 Å². The van der Waals surface area contributed by atoms with Crippen molar-refractivity contribution in [1.29, 1.82) is 0 Å². The average Bonchev–Trinajstić information content (AvgIpc) is 2.55. The Morgan fingerprint density at radius 1 is 0.957 bits per heavy atom. The van der Waals surface area contributed by atoms with Crippen LogP contribution in [0.5, 0.6) is 11.5 Å². The second-order valence-electron chi connectivity index (χ2n) is 5.71. The fourth-order valence-corrected chi connectivity index (χ4v) is 1.91. The number of nitrogens with one attached hydrogen (secondary N) is 1. The molecule has 0 spiro atoms. The van der Waals surface area contributed by atoms with Crippen molar-refractivity contribution in [2.75, 3.05) is 18.5 Å². The van der Waals surface area contributed by atoms with Gasteiger partial charge in [0.25, 0.3) is 5.91 Å². The summed E-state index contributed by atoms with van der Waals surface area (Å²) in [5.41, 5.74) is 0.759. The van der Waals surface area contributed by atoms with Gasteiger partial charge in [0, 0.05) is 5.69 Å². The minimum Gasteiger partial charge on any atom is -0.494 e. The van der Waals surface area contributed by atoms with Gasteiger partial charge in [0.2, 0.25) is 0 Å². The zero-order chi connectivity index (χ0) is 16.5. The lowest BCUT2D eigenvalue weighted by atomic mass is 10.1. The number of para-hydroxylation sites is 1. The molecule has 0 unspecified atom stereocenters. The smallest absolute Gasteiger partial charge is 0.262 e. The molecule has 0 saturated carbocycles. The number of rotatable bonds is 8. The monoisotopic (exact) mass is 313 g/mol. The van der Waals surface area contributed by atoms with Crippen molar-refractivity contribution in [3.05, 3.63) is 54.6 Å². The Labute approximate surface area is 137 Å². The number of hydrogen-bond donors (Lipinski definition) is 1. The molecule has 0 radical (unpaired) electrons. The summed E-state index contributed by atoms with van der Waals surface area (Å²) in [5.74, 6) is 1.89.